The van der Waals surface area contributed by atoms with Crippen LogP contribution in [-0.4, -0.2) is 35.7 Å². The van der Waals surface area contributed by atoms with Gasteiger partial charge in [0.1, 0.15) is 5.01 Å². The lowest BCUT2D eigenvalue weighted by atomic mass is 9.95. The monoisotopic (exact) mass is 356 g/mol. The number of carbonyl (C=O) groups is 1. The zero-order valence-electron chi connectivity index (χ0n) is 14.8. The number of amides is 1. The molecule has 6 heteroatoms. The van der Waals surface area contributed by atoms with Crippen molar-refractivity contribution < 1.29 is 4.79 Å². The van der Waals surface area contributed by atoms with Crippen molar-refractivity contribution in [3.8, 4) is 0 Å². The number of para-hydroxylation sites is 1. The summed E-state index contributed by atoms with van der Waals surface area (Å²) in [6, 6.07) is 8.28. The van der Waals surface area contributed by atoms with Crippen molar-refractivity contribution in [2.24, 2.45) is 5.92 Å². The Morgan fingerprint density at radius 1 is 1.16 bits per heavy atom. The molecule has 2 aliphatic heterocycles. The normalized spacial score (nSPS) is 18.0. The second-order valence-electron chi connectivity index (χ2n) is 7.21. The summed E-state index contributed by atoms with van der Waals surface area (Å²) < 4.78 is 0. The van der Waals surface area contributed by atoms with Gasteiger partial charge in [-0.2, -0.15) is 0 Å². The number of nitrogens with zero attached hydrogens (tertiary/aromatic N) is 4. The van der Waals surface area contributed by atoms with Gasteiger partial charge in [0, 0.05) is 37.2 Å². The first-order valence-corrected chi connectivity index (χ1v) is 9.93. The molecule has 0 unspecified atom stereocenters. The first-order chi connectivity index (χ1) is 12.1. The maximum absolute atomic E-state index is 13.0. The van der Waals surface area contributed by atoms with E-state index in [9.17, 15) is 4.79 Å². The molecule has 2 aromatic rings. The van der Waals surface area contributed by atoms with E-state index >= 15 is 0 Å². The molecule has 5 nitrogen and oxygen atoms in total. The molecule has 1 aromatic carbocycles. The van der Waals surface area contributed by atoms with Crippen molar-refractivity contribution >= 4 is 28.1 Å². The molecule has 1 amide bonds. The van der Waals surface area contributed by atoms with E-state index in [1.165, 1.54) is 5.56 Å². The number of aromatic nitrogens is 2. The molecule has 3 heterocycles. The third-order valence-electron chi connectivity index (χ3n) is 5.19. The van der Waals surface area contributed by atoms with Crippen molar-refractivity contribution in [2.45, 2.75) is 39.0 Å². The predicted molar refractivity (Wildman–Crippen MR) is 101 cm³/mol. The highest BCUT2D eigenvalue weighted by molar-refractivity contribution is 7.15. The van der Waals surface area contributed by atoms with Crippen LogP contribution >= 0.6 is 11.3 Å². The van der Waals surface area contributed by atoms with Crippen LogP contribution in [0.1, 0.15) is 43.2 Å². The summed E-state index contributed by atoms with van der Waals surface area (Å²) in [4.78, 5) is 17.3. The fourth-order valence-corrected chi connectivity index (χ4v) is 4.59. The van der Waals surface area contributed by atoms with E-state index in [1.54, 1.807) is 11.3 Å². The second kappa shape index (κ2) is 6.75. The fourth-order valence-electron chi connectivity index (χ4n) is 3.69. The van der Waals surface area contributed by atoms with E-state index < -0.39 is 0 Å². The molecule has 0 spiro atoms. The molecule has 0 bridgehead atoms. The summed E-state index contributed by atoms with van der Waals surface area (Å²) in [6.45, 7) is 6.88. The molecular formula is C19H24N4OS. The molecule has 1 saturated heterocycles. The third-order valence-corrected chi connectivity index (χ3v) is 6.48. The number of rotatable bonds is 3. The van der Waals surface area contributed by atoms with Gasteiger partial charge in [0.25, 0.3) is 0 Å². The molecule has 2 aliphatic rings. The van der Waals surface area contributed by atoms with E-state index in [0.29, 0.717) is 11.8 Å². The molecule has 25 heavy (non-hydrogen) atoms. The Hall–Kier alpha value is -1.95. The van der Waals surface area contributed by atoms with Crippen LogP contribution in [0, 0.1) is 5.92 Å². The highest BCUT2D eigenvalue weighted by atomic mass is 32.1. The summed E-state index contributed by atoms with van der Waals surface area (Å²) in [5.41, 5.74) is 2.41. The Kier molecular flexibility index (Phi) is 4.46. The van der Waals surface area contributed by atoms with Crippen LogP contribution in [0.5, 0.6) is 0 Å². The topological polar surface area (TPSA) is 49.3 Å². The Labute approximate surface area is 152 Å². The number of carbonyl (C=O) groups excluding carboxylic acids is 1. The first-order valence-electron chi connectivity index (χ1n) is 9.11. The number of fused-ring (bicyclic) bond motifs is 1. The molecule has 132 valence electrons. The number of anilines is 2. The smallest absolute Gasteiger partial charge is 0.230 e. The van der Waals surface area contributed by atoms with Crippen molar-refractivity contribution in [3.05, 3.63) is 34.8 Å². The molecular weight excluding hydrogens is 332 g/mol. The van der Waals surface area contributed by atoms with Gasteiger partial charge in [0.05, 0.1) is 0 Å². The third kappa shape index (κ3) is 3.15. The molecule has 1 aromatic heterocycles. The molecule has 0 radical (unpaired) electrons. The van der Waals surface area contributed by atoms with Gasteiger partial charge in [0.15, 0.2) is 0 Å². The fraction of sp³-hybridized carbons (Fsp3) is 0.526. The average molecular weight is 356 g/mol. The van der Waals surface area contributed by atoms with Crippen molar-refractivity contribution in [3.63, 3.8) is 0 Å². The average Bonchev–Trinajstić information content (AvgIpc) is 3.29. The summed E-state index contributed by atoms with van der Waals surface area (Å²) in [7, 11) is 0. The Morgan fingerprint density at radius 3 is 2.64 bits per heavy atom. The molecule has 0 saturated carbocycles. The van der Waals surface area contributed by atoms with E-state index in [-0.39, 0.29) is 5.92 Å². The first kappa shape index (κ1) is 16.5. The second-order valence-corrected chi connectivity index (χ2v) is 8.20. The summed E-state index contributed by atoms with van der Waals surface area (Å²) in [5.74, 6) is 0.838. The minimum absolute atomic E-state index is 0.125. The number of piperidine rings is 1. The highest BCUT2D eigenvalue weighted by Gasteiger charge is 2.33. The van der Waals surface area contributed by atoms with Crippen LogP contribution in [-0.2, 0) is 11.2 Å². The zero-order valence-corrected chi connectivity index (χ0v) is 15.6. The Morgan fingerprint density at radius 2 is 1.92 bits per heavy atom. The minimum Gasteiger partial charge on any atom is -0.347 e. The van der Waals surface area contributed by atoms with Gasteiger partial charge < -0.3 is 9.80 Å². The van der Waals surface area contributed by atoms with Gasteiger partial charge in [-0.1, -0.05) is 43.4 Å². The SMILES string of the molecule is CC(C)c1nnc(N2CCC(C(=O)N3CCc4ccccc43)CC2)s1. The van der Waals surface area contributed by atoms with Crippen LogP contribution in [0.25, 0.3) is 0 Å². The number of hydrogen-bond donors (Lipinski definition) is 0. The van der Waals surface area contributed by atoms with Crippen LogP contribution in [0.15, 0.2) is 24.3 Å². The maximum Gasteiger partial charge on any atom is 0.230 e. The van der Waals surface area contributed by atoms with Gasteiger partial charge in [0.2, 0.25) is 11.0 Å². The zero-order chi connectivity index (χ0) is 17.4. The maximum atomic E-state index is 13.0. The largest absolute Gasteiger partial charge is 0.347 e. The van der Waals surface area contributed by atoms with Crippen molar-refractivity contribution in [1.82, 2.24) is 10.2 Å². The van der Waals surface area contributed by atoms with Crippen LogP contribution in [0.2, 0.25) is 0 Å². The van der Waals surface area contributed by atoms with E-state index in [0.717, 1.165) is 54.7 Å². The quantitative estimate of drug-likeness (QED) is 0.845. The lowest BCUT2D eigenvalue weighted by Gasteiger charge is -2.32. The van der Waals surface area contributed by atoms with Gasteiger partial charge in [-0.15, -0.1) is 10.2 Å². The molecule has 0 atom stereocenters. The molecule has 0 aliphatic carbocycles. The van der Waals surface area contributed by atoms with Crippen molar-refractivity contribution in [1.29, 1.82) is 0 Å². The summed E-state index contributed by atoms with van der Waals surface area (Å²) in [5, 5.41) is 10.7. The van der Waals surface area contributed by atoms with E-state index in [1.807, 2.05) is 11.0 Å². The summed E-state index contributed by atoms with van der Waals surface area (Å²) in [6.07, 6.45) is 2.77. The van der Waals surface area contributed by atoms with Crippen LogP contribution in [0.4, 0.5) is 10.8 Å². The molecule has 0 N–H and O–H groups in total. The van der Waals surface area contributed by atoms with Gasteiger partial charge >= 0.3 is 0 Å². The number of benzene rings is 1. The Bertz CT molecular complexity index is 764. The predicted octanol–water partition coefficient (Wildman–Crippen LogP) is 3.47. The van der Waals surface area contributed by atoms with Gasteiger partial charge in [-0.05, 0) is 30.9 Å². The lowest BCUT2D eigenvalue weighted by Crippen LogP contribution is -2.42. The molecule has 1 fully saturated rings. The van der Waals surface area contributed by atoms with E-state index in [2.05, 4.69) is 47.1 Å². The standard InChI is InChI=1S/C19H24N4OS/c1-13(2)17-20-21-19(25-17)22-10-7-15(8-11-22)18(24)23-12-9-14-5-3-4-6-16(14)23/h3-6,13,15H,7-12H2,1-2H3. The summed E-state index contributed by atoms with van der Waals surface area (Å²) >= 11 is 1.68. The highest BCUT2D eigenvalue weighted by Crippen LogP contribution is 2.33. The lowest BCUT2D eigenvalue weighted by molar-refractivity contribution is -0.122. The van der Waals surface area contributed by atoms with Gasteiger partial charge in [-0.25, -0.2) is 0 Å². The number of hydrogen-bond acceptors (Lipinski definition) is 5. The Balaban J connectivity index is 1.39. The minimum atomic E-state index is 0.125. The van der Waals surface area contributed by atoms with Crippen LogP contribution < -0.4 is 9.80 Å². The molecule has 4 rings (SSSR count). The van der Waals surface area contributed by atoms with Gasteiger partial charge in [-0.3, -0.25) is 4.79 Å². The van der Waals surface area contributed by atoms with Crippen LogP contribution in [0.3, 0.4) is 0 Å². The van der Waals surface area contributed by atoms with E-state index in [4.69, 9.17) is 0 Å². The van der Waals surface area contributed by atoms with Crippen molar-refractivity contribution in [2.75, 3.05) is 29.4 Å².